The quantitative estimate of drug-likeness (QED) is 0.493. The first-order chi connectivity index (χ1) is 13.3. The van der Waals surface area contributed by atoms with Crippen LogP contribution in [0.15, 0.2) is 42.6 Å². The molecule has 0 radical (unpaired) electrons. The summed E-state index contributed by atoms with van der Waals surface area (Å²) in [6.45, 7) is 1.04. The molecule has 0 atom stereocenters. The number of carbonyl (C=O) groups excluding carboxylic acids is 1. The van der Waals surface area contributed by atoms with Crippen LogP contribution in [0.4, 0.5) is 27.6 Å². The van der Waals surface area contributed by atoms with E-state index in [2.05, 4.69) is 10.3 Å². The average Bonchev–Trinajstić information content (AvgIpc) is 2.66. The van der Waals surface area contributed by atoms with Gasteiger partial charge in [-0.2, -0.15) is 0 Å². The van der Waals surface area contributed by atoms with Crippen LogP contribution in [0.3, 0.4) is 0 Å². The van der Waals surface area contributed by atoms with Gasteiger partial charge in [0.15, 0.2) is 23.2 Å². The molecule has 0 aliphatic carbocycles. The second-order valence-electron chi connectivity index (χ2n) is 5.67. The van der Waals surface area contributed by atoms with E-state index in [0.717, 1.165) is 31.3 Å². The number of pyridine rings is 1. The van der Waals surface area contributed by atoms with Crippen LogP contribution in [-0.2, 0) is 0 Å². The first kappa shape index (κ1) is 19.3. The summed E-state index contributed by atoms with van der Waals surface area (Å²) in [6.07, 6.45) is 1.15. The third-order valence-corrected chi connectivity index (χ3v) is 3.73. The molecule has 0 bridgehead atoms. The molecule has 3 rings (SSSR count). The molecule has 0 saturated carbocycles. The largest absolute Gasteiger partial charge is 0.436 e. The van der Waals surface area contributed by atoms with Crippen LogP contribution in [0.5, 0.6) is 11.6 Å². The highest BCUT2D eigenvalue weighted by molar-refractivity contribution is 6.04. The van der Waals surface area contributed by atoms with Crippen LogP contribution < -0.4 is 10.1 Å². The minimum atomic E-state index is -1.34. The number of nitrogens with one attached hydrogen (secondary N) is 1. The Bertz CT molecular complexity index is 1070. The molecule has 28 heavy (non-hydrogen) atoms. The van der Waals surface area contributed by atoms with Crippen molar-refractivity contribution in [2.24, 2.45) is 0 Å². The second-order valence-corrected chi connectivity index (χ2v) is 5.67. The predicted octanol–water partition coefficient (Wildman–Crippen LogP) is 5.13. The van der Waals surface area contributed by atoms with Crippen LogP contribution in [-0.4, -0.2) is 10.9 Å². The molecule has 144 valence electrons. The van der Waals surface area contributed by atoms with Gasteiger partial charge < -0.3 is 10.1 Å². The molecular weight excluding hydrogens is 383 g/mol. The number of hydrogen-bond acceptors (Lipinski definition) is 3. The summed E-state index contributed by atoms with van der Waals surface area (Å²) in [4.78, 5) is 16.0. The van der Waals surface area contributed by atoms with Gasteiger partial charge in [-0.1, -0.05) is 0 Å². The summed E-state index contributed by atoms with van der Waals surface area (Å²) in [5.74, 6) is -7.23. The van der Waals surface area contributed by atoms with E-state index >= 15 is 0 Å². The number of rotatable bonds is 4. The third kappa shape index (κ3) is 3.93. The van der Waals surface area contributed by atoms with Crippen molar-refractivity contribution in [1.29, 1.82) is 0 Å². The van der Waals surface area contributed by atoms with Crippen LogP contribution in [0, 0.1) is 36.0 Å². The summed E-state index contributed by atoms with van der Waals surface area (Å²) in [6, 6.07) is 5.47. The summed E-state index contributed by atoms with van der Waals surface area (Å²) < 4.78 is 72.5. The number of amides is 1. The van der Waals surface area contributed by atoms with Gasteiger partial charge in [0, 0.05) is 35.5 Å². The van der Waals surface area contributed by atoms with Gasteiger partial charge in [-0.3, -0.25) is 4.79 Å². The molecule has 0 aliphatic heterocycles. The van der Waals surface area contributed by atoms with Crippen molar-refractivity contribution in [3.63, 3.8) is 0 Å². The molecule has 0 aliphatic rings. The highest BCUT2D eigenvalue weighted by Gasteiger charge is 2.18. The van der Waals surface area contributed by atoms with Crippen LogP contribution >= 0.6 is 0 Å². The zero-order chi connectivity index (χ0) is 20.4. The second kappa shape index (κ2) is 7.63. The van der Waals surface area contributed by atoms with Gasteiger partial charge in [0.05, 0.1) is 5.69 Å². The SMILES string of the molecule is Cc1c(F)c(F)cc(Oc2cc(C(=O)Nc3ccc(F)cc3F)ccn2)c1F. The number of ether oxygens (including phenoxy) is 1. The summed E-state index contributed by atoms with van der Waals surface area (Å²) >= 11 is 0. The van der Waals surface area contributed by atoms with Gasteiger partial charge >= 0.3 is 0 Å². The topological polar surface area (TPSA) is 51.2 Å². The summed E-state index contributed by atoms with van der Waals surface area (Å²) in [5, 5.41) is 2.23. The van der Waals surface area contributed by atoms with E-state index in [4.69, 9.17) is 4.74 Å². The van der Waals surface area contributed by atoms with Crippen LogP contribution in [0.25, 0.3) is 0 Å². The Balaban J connectivity index is 1.84. The molecule has 4 nitrogen and oxygen atoms in total. The van der Waals surface area contributed by atoms with Crippen LogP contribution in [0.1, 0.15) is 15.9 Å². The molecule has 9 heteroatoms. The van der Waals surface area contributed by atoms with E-state index in [1.807, 2.05) is 0 Å². The van der Waals surface area contributed by atoms with Crippen molar-refractivity contribution in [1.82, 2.24) is 4.98 Å². The summed E-state index contributed by atoms with van der Waals surface area (Å²) in [7, 11) is 0. The van der Waals surface area contributed by atoms with E-state index in [9.17, 15) is 26.7 Å². The molecule has 1 N–H and O–H groups in total. The molecule has 1 amide bonds. The predicted molar refractivity (Wildman–Crippen MR) is 89.7 cm³/mol. The average molecular weight is 394 g/mol. The molecule has 0 unspecified atom stereocenters. The number of carbonyl (C=O) groups is 1. The number of nitrogens with zero attached hydrogens (tertiary/aromatic N) is 1. The minimum absolute atomic E-state index is 0.0477. The molecule has 0 spiro atoms. The molecule has 1 aromatic heterocycles. The van der Waals surface area contributed by atoms with Gasteiger partial charge in [-0.25, -0.2) is 26.9 Å². The Morgan fingerprint density at radius 3 is 2.43 bits per heavy atom. The van der Waals surface area contributed by atoms with E-state index < -0.39 is 46.3 Å². The molecule has 3 aromatic rings. The fourth-order valence-electron chi connectivity index (χ4n) is 2.28. The lowest BCUT2D eigenvalue weighted by Gasteiger charge is -2.10. The van der Waals surface area contributed by atoms with Crippen molar-refractivity contribution in [2.45, 2.75) is 6.92 Å². The molecular formula is C19H11F5N2O2. The number of hydrogen-bond donors (Lipinski definition) is 1. The van der Waals surface area contributed by atoms with Crippen molar-refractivity contribution in [3.8, 4) is 11.6 Å². The van der Waals surface area contributed by atoms with Gasteiger partial charge in [0.25, 0.3) is 5.91 Å². The lowest BCUT2D eigenvalue weighted by atomic mass is 10.2. The van der Waals surface area contributed by atoms with Gasteiger partial charge in [0.2, 0.25) is 5.88 Å². The number of anilines is 1. The van der Waals surface area contributed by atoms with Crippen molar-refractivity contribution >= 4 is 11.6 Å². The molecule has 0 saturated heterocycles. The lowest BCUT2D eigenvalue weighted by Crippen LogP contribution is -2.13. The number of aromatic nitrogens is 1. The first-order valence-corrected chi connectivity index (χ1v) is 7.80. The minimum Gasteiger partial charge on any atom is -0.436 e. The number of benzene rings is 2. The van der Waals surface area contributed by atoms with E-state index in [1.54, 1.807) is 0 Å². The van der Waals surface area contributed by atoms with Gasteiger partial charge in [0.1, 0.15) is 11.6 Å². The highest BCUT2D eigenvalue weighted by atomic mass is 19.2. The van der Waals surface area contributed by atoms with E-state index in [1.165, 1.54) is 6.07 Å². The Hall–Kier alpha value is -3.49. The van der Waals surface area contributed by atoms with Crippen molar-refractivity contribution in [3.05, 3.63) is 82.8 Å². The van der Waals surface area contributed by atoms with Crippen molar-refractivity contribution in [2.75, 3.05) is 5.32 Å². The Kier molecular flexibility index (Phi) is 5.25. The first-order valence-electron chi connectivity index (χ1n) is 7.80. The monoisotopic (exact) mass is 394 g/mol. The zero-order valence-electron chi connectivity index (χ0n) is 14.2. The lowest BCUT2D eigenvalue weighted by molar-refractivity contribution is 0.102. The maximum absolute atomic E-state index is 14.0. The Labute approximate surface area is 155 Å². The maximum Gasteiger partial charge on any atom is 0.255 e. The molecule has 0 fully saturated rings. The fourth-order valence-corrected chi connectivity index (χ4v) is 2.28. The third-order valence-electron chi connectivity index (χ3n) is 3.73. The molecule has 2 aromatic carbocycles. The normalized spacial score (nSPS) is 10.6. The van der Waals surface area contributed by atoms with E-state index in [0.29, 0.717) is 12.1 Å². The van der Waals surface area contributed by atoms with Gasteiger partial charge in [-0.15, -0.1) is 0 Å². The standard InChI is InChI=1S/C19H11F5N2O2/c1-9-17(23)13(22)8-15(18(9)24)28-16-6-10(4-5-25-16)19(27)26-14-3-2-11(20)7-12(14)21/h2-8H,1H3,(H,26,27). The van der Waals surface area contributed by atoms with Crippen LogP contribution in [0.2, 0.25) is 0 Å². The van der Waals surface area contributed by atoms with Gasteiger partial charge in [-0.05, 0) is 25.1 Å². The van der Waals surface area contributed by atoms with E-state index in [-0.39, 0.29) is 17.1 Å². The number of halogens is 5. The Morgan fingerprint density at radius 2 is 1.71 bits per heavy atom. The zero-order valence-corrected chi connectivity index (χ0v) is 14.2. The fraction of sp³-hybridized carbons (Fsp3) is 0.0526. The molecule has 1 heterocycles. The highest BCUT2D eigenvalue weighted by Crippen LogP contribution is 2.29. The summed E-state index contributed by atoms with van der Waals surface area (Å²) in [5.41, 5.74) is -0.878. The van der Waals surface area contributed by atoms with Crippen molar-refractivity contribution < 1.29 is 31.5 Å². The smallest absolute Gasteiger partial charge is 0.255 e. The Morgan fingerprint density at radius 1 is 0.964 bits per heavy atom. The maximum atomic E-state index is 14.0.